The molecule has 0 fully saturated rings. The number of ether oxygens (including phenoxy) is 1. The Balaban J connectivity index is 2.21. The van der Waals surface area contributed by atoms with Gasteiger partial charge < -0.3 is 20.7 Å². The third-order valence-corrected chi connectivity index (χ3v) is 4.35. The number of hydrogen-bond donors (Lipinski definition) is 4. The van der Waals surface area contributed by atoms with Gasteiger partial charge in [0.25, 0.3) is 10.1 Å². The van der Waals surface area contributed by atoms with Gasteiger partial charge in [-0.25, -0.2) is 9.59 Å². The molecule has 0 aliphatic carbocycles. The smallest absolute Gasteiger partial charge is 0.337 e. The van der Waals surface area contributed by atoms with Crippen LogP contribution in [-0.4, -0.2) is 47.5 Å². The van der Waals surface area contributed by atoms with Gasteiger partial charge in [0.2, 0.25) is 0 Å². The highest BCUT2D eigenvalue weighted by Crippen LogP contribution is 2.29. The number of rotatable bonds is 9. The van der Waals surface area contributed by atoms with Crippen molar-refractivity contribution in [1.82, 2.24) is 0 Å². The number of carboxylic acids is 2. The van der Waals surface area contributed by atoms with Crippen molar-refractivity contribution in [2.24, 2.45) is 10.2 Å². The third-order valence-electron chi connectivity index (χ3n) is 3.55. The highest BCUT2D eigenvalue weighted by molar-refractivity contribution is 7.85. The van der Waals surface area contributed by atoms with Gasteiger partial charge in [-0.2, -0.15) is 13.5 Å². The summed E-state index contributed by atoms with van der Waals surface area (Å²) < 4.78 is 35.4. The summed E-state index contributed by atoms with van der Waals surface area (Å²) >= 11 is 0. The van der Waals surface area contributed by atoms with Gasteiger partial charge in [0.15, 0.2) is 0 Å². The van der Waals surface area contributed by atoms with Gasteiger partial charge in [-0.3, -0.25) is 4.55 Å². The predicted molar refractivity (Wildman–Crippen MR) is 102 cm³/mol. The molecule has 0 saturated carbocycles. The van der Waals surface area contributed by atoms with Crippen LogP contribution in [-0.2, 0) is 10.1 Å². The summed E-state index contributed by atoms with van der Waals surface area (Å²) in [5.74, 6) is -2.82. The summed E-state index contributed by atoms with van der Waals surface area (Å²) in [5.41, 5.74) is 5.73. The average Bonchev–Trinajstić information content (AvgIpc) is 2.64. The summed E-state index contributed by atoms with van der Waals surface area (Å²) in [4.78, 5) is 22.4. The number of carboxylic acid groups (broad SMARTS) is 2. The first-order chi connectivity index (χ1) is 13.6. The fourth-order valence-electron chi connectivity index (χ4n) is 2.17. The van der Waals surface area contributed by atoms with Gasteiger partial charge in [0, 0.05) is 6.07 Å². The number of benzene rings is 2. The number of nitrogens with two attached hydrogens (primary N) is 1. The topological polar surface area (TPSA) is 189 Å². The molecule has 29 heavy (non-hydrogen) atoms. The summed E-state index contributed by atoms with van der Waals surface area (Å²) in [6.07, 6.45) is 0.0357. The van der Waals surface area contributed by atoms with Crippen LogP contribution in [0.2, 0.25) is 0 Å². The van der Waals surface area contributed by atoms with E-state index >= 15 is 0 Å². The van der Waals surface area contributed by atoms with Crippen molar-refractivity contribution >= 4 is 39.1 Å². The van der Waals surface area contributed by atoms with E-state index in [4.69, 9.17) is 20.1 Å². The molecule has 5 N–H and O–H groups in total. The van der Waals surface area contributed by atoms with Gasteiger partial charge in [-0.15, -0.1) is 5.11 Å². The highest BCUT2D eigenvalue weighted by atomic mass is 32.2. The summed E-state index contributed by atoms with van der Waals surface area (Å²) in [6, 6.07) is 7.68. The predicted octanol–water partition coefficient (Wildman–Crippen LogP) is 2.74. The number of nitrogens with zero attached hydrogens (tertiary/aromatic N) is 2. The molecule has 0 aliphatic rings. The maximum absolute atomic E-state index is 11.3. The van der Waals surface area contributed by atoms with E-state index in [9.17, 15) is 23.1 Å². The molecule has 0 atom stereocenters. The zero-order valence-electron chi connectivity index (χ0n) is 14.8. The molecule has 0 unspecified atom stereocenters. The first-order valence-electron chi connectivity index (χ1n) is 8.06. The third kappa shape index (κ3) is 6.55. The Labute approximate surface area is 165 Å². The Kier molecular flexibility index (Phi) is 6.85. The molecular weight excluding hydrogens is 406 g/mol. The Morgan fingerprint density at radius 1 is 1.03 bits per heavy atom. The van der Waals surface area contributed by atoms with Crippen molar-refractivity contribution in [3.63, 3.8) is 0 Å². The van der Waals surface area contributed by atoms with Crippen molar-refractivity contribution < 1.29 is 37.5 Å². The lowest BCUT2D eigenvalue weighted by Crippen LogP contribution is -2.09. The second kappa shape index (κ2) is 9.12. The van der Waals surface area contributed by atoms with Gasteiger partial charge in [0.05, 0.1) is 34.9 Å². The fourth-order valence-corrected chi connectivity index (χ4v) is 2.66. The molecule has 154 valence electrons. The van der Waals surface area contributed by atoms with Gasteiger partial charge in [0.1, 0.15) is 11.4 Å². The summed E-state index contributed by atoms with van der Waals surface area (Å²) in [5, 5.41) is 25.9. The normalized spacial score (nSPS) is 11.5. The van der Waals surface area contributed by atoms with Crippen LogP contribution < -0.4 is 10.5 Å². The number of anilines is 1. The molecule has 0 bridgehead atoms. The van der Waals surface area contributed by atoms with E-state index in [1.165, 1.54) is 18.2 Å². The molecule has 0 spiro atoms. The van der Waals surface area contributed by atoms with Crippen molar-refractivity contribution in [1.29, 1.82) is 0 Å². The van der Waals surface area contributed by atoms with Gasteiger partial charge >= 0.3 is 11.9 Å². The Hall–Kier alpha value is -3.51. The molecule has 0 amide bonds. The second-order valence-electron chi connectivity index (χ2n) is 5.75. The standard InChI is InChI=1S/C17H17N3O8S/c18-13-5-3-11(9-15(13)28-6-1-7-29(25,26)27)19-20-14-8-10(16(21)22)2-4-12(14)17(23)24/h2-5,8-9H,1,6-7,18H2,(H,21,22)(H,23,24)(H,25,26,27). The lowest BCUT2D eigenvalue weighted by Gasteiger charge is -2.09. The van der Waals surface area contributed by atoms with E-state index in [0.29, 0.717) is 0 Å². The van der Waals surface area contributed by atoms with Crippen LogP contribution in [0, 0.1) is 0 Å². The lowest BCUT2D eigenvalue weighted by atomic mass is 10.1. The largest absolute Gasteiger partial charge is 0.491 e. The molecular formula is C17H17N3O8S. The molecule has 0 radical (unpaired) electrons. The number of aromatic carboxylic acids is 2. The monoisotopic (exact) mass is 423 g/mol. The summed E-state index contributed by atoms with van der Waals surface area (Å²) in [6.45, 7) is -0.0333. The van der Waals surface area contributed by atoms with Crippen molar-refractivity contribution in [2.45, 2.75) is 6.42 Å². The molecule has 0 saturated heterocycles. The van der Waals surface area contributed by atoms with Crippen molar-refractivity contribution in [3.05, 3.63) is 47.5 Å². The van der Waals surface area contributed by atoms with Crippen LogP contribution in [0.5, 0.6) is 5.75 Å². The van der Waals surface area contributed by atoms with Crippen LogP contribution >= 0.6 is 0 Å². The first-order valence-corrected chi connectivity index (χ1v) is 9.67. The molecule has 12 heteroatoms. The Morgan fingerprint density at radius 2 is 1.76 bits per heavy atom. The Bertz CT molecular complexity index is 1070. The molecule has 2 aromatic carbocycles. The number of nitrogen functional groups attached to an aromatic ring is 1. The number of carbonyl (C=O) groups is 2. The van der Waals surface area contributed by atoms with Crippen molar-refractivity contribution in [3.8, 4) is 5.75 Å². The zero-order chi connectivity index (χ0) is 21.6. The van der Waals surface area contributed by atoms with Crippen LogP contribution in [0.1, 0.15) is 27.1 Å². The van der Waals surface area contributed by atoms with Crippen LogP contribution in [0.25, 0.3) is 0 Å². The molecule has 2 aromatic rings. The molecule has 11 nitrogen and oxygen atoms in total. The van der Waals surface area contributed by atoms with E-state index in [0.717, 1.165) is 18.2 Å². The maximum Gasteiger partial charge on any atom is 0.337 e. The maximum atomic E-state index is 11.3. The zero-order valence-corrected chi connectivity index (χ0v) is 15.7. The SMILES string of the molecule is Nc1ccc(N=Nc2cc(C(=O)O)ccc2C(=O)O)cc1OCCCS(=O)(=O)O. The van der Waals surface area contributed by atoms with Gasteiger partial charge in [-0.05, 0) is 36.8 Å². The first kappa shape index (κ1) is 21.8. The molecule has 2 rings (SSSR count). The highest BCUT2D eigenvalue weighted by Gasteiger charge is 2.13. The average molecular weight is 423 g/mol. The Morgan fingerprint density at radius 3 is 2.38 bits per heavy atom. The van der Waals surface area contributed by atoms with E-state index in [1.807, 2.05) is 0 Å². The van der Waals surface area contributed by atoms with E-state index < -0.39 is 27.8 Å². The van der Waals surface area contributed by atoms with Crippen molar-refractivity contribution in [2.75, 3.05) is 18.1 Å². The summed E-state index contributed by atoms with van der Waals surface area (Å²) in [7, 11) is -4.09. The van der Waals surface area contributed by atoms with Crippen LogP contribution in [0.3, 0.4) is 0 Å². The molecule has 0 aromatic heterocycles. The van der Waals surface area contributed by atoms with Crippen LogP contribution in [0.4, 0.5) is 17.1 Å². The second-order valence-corrected chi connectivity index (χ2v) is 7.32. The molecule has 0 aliphatic heterocycles. The van der Waals surface area contributed by atoms with Crippen LogP contribution in [0.15, 0.2) is 46.6 Å². The van der Waals surface area contributed by atoms with E-state index in [2.05, 4.69) is 10.2 Å². The van der Waals surface area contributed by atoms with Gasteiger partial charge in [-0.1, -0.05) is 0 Å². The number of hydrogen-bond acceptors (Lipinski definition) is 8. The van der Waals surface area contributed by atoms with E-state index in [1.54, 1.807) is 0 Å². The minimum absolute atomic E-state index is 0.0333. The fraction of sp³-hybridized carbons (Fsp3) is 0.176. The molecule has 0 heterocycles. The number of azo groups is 1. The quantitative estimate of drug-likeness (QED) is 0.203. The lowest BCUT2D eigenvalue weighted by molar-refractivity contribution is 0.0682. The minimum atomic E-state index is -4.09. The van der Waals surface area contributed by atoms with E-state index in [-0.39, 0.29) is 47.0 Å². The minimum Gasteiger partial charge on any atom is -0.491 e.